The van der Waals surface area contributed by atoms with E-state index in [1.165, 1.54) is 33.1 Å². The quantitative estimate of drug-likeness (QED) is 0.181. The number of para-hydroxylation sites is 2. The second-order valence-corrected chi connectivity index (χ2v) is 20.7. The molecule has 0 saturated carbocycles. The summed E-state index contributed by atoms with van der Waals surface area (Å²) >= 11 is 0. The van der Waals surface area contributed by atoms with Gasteiger partial charge in [-0.3, -0.25) is 0 Å². The number of hydrogen-bond acceptors (Lipinski definition) is 4. The van der Waals surface area contributed by atoms with E-state index in [-0.39, 0.29) is 16.2 Å². The standard InChI is InChI=1S/C56H49BN2O3/c1-54(2,3)30-18-22-33(23-19-30)58-40-29-45-36(34-14-10-12-16-42(34)60-45)28-37(40)46-47-35-15-11-13-17-43(35)61-52(47)48-38-26-31(55(4,5)6)20-24-41(38)59-50-39-27-32(56(7,8)9)21-25-44(39)62-53(50)57-49(46)51(48)59/h10-29,57-58H,1-9H3. The van der Waals surface area contributed by atoms with Gasteiger partial charge in [0, 0.05) is 49.6 Å². The smallest absolute Gasteiger partial charge is 0.244 e. The predicted octanol–water partition coefficient (Wildman–Crippen LogP) is 14.3. The van der Waals surface area contributed by atoms with Gasteiger partial charge in [0.05, 0.1) is 33.5 Å². The first kappa shape index (κ1) is 37.1. The van der Waals surface area contributed by atoms with Crippen LogP contribution in [0.15, 0.2) is 135 Å². The van der Waals surface area contributed by atoms with Gasteiger partial charge in [0.25, 0.3) is 0 Å². The van der Waals surface area contributed by atoms with Gasteiger partial charge in [-0.2, -0.15) is 0 Å². The summed E-state index contributed by atoms with van der Waals surface area (Å²) in [4.78, 5) is 0. The molecule has 0 bridgehead atoms. The second-order valence-electron chi connectivity index (χ2n) is 20.7. The molecule has 0 fully saturated rings. The SMILES string of the molecule is CC(C)(C)c1ccc(Nc2cc3oc4ccccc4c3cc2-c2c3c4c(c5cc(C(C)(C)C)ccc5n4-c4c(oc5ccc(C(C)(C)C)cc45)B3)c3oc4ccccc4c23)cc1. The van der Waals surface area contributed by atoms with Crippen molar-refractivity contribution in [1.82, 2.24) is 4.57 Å². The average Bonchev–Trinajstić information content (AvgIpc) is 3.99. The highest BCUT2D eigenvalue weighted by Gasteiger charge is 2.35. The van der Waals surface area contributed by atoms with Crippen molar-refractivity contribution in [2.24, 2.45) is 0 Å². The zero-order valence-electron chi connectivity index (χ0n) is 36.9. The molecule has 11 aromatic rings. The first-order valence-corrected chi connectivity index (χ1v) is 22.0. The topological polar surface area (TPSA) is 56.4 Å². The molecule has 6 heteroatoms. The molecule has 7 aromatic carbocycles. The van der Waals surface area contributed by atoms with Crippen molar-refractivity contribution in [2.75, 3.05) is 5.32 Å². The van der Waals surface area contributed by atoms with Gasteiger partial charge in [0.2, 0.25) is 7.28 Å². The van der Waals surface area contributed by atoms with Gasteiger partial charge in [0.1, 0.15) is 27.9 Å². The Morgan fingerprint density at radius 1 is 0.500 bits per heavy atom. The Morgan fingerprint density at radius 2 is 1.11 bits per heavy atom. The Kier molecular flexibility index (Phi) is 7.47. The van der Waals surface area contributed by atoms with Gasteiger partial charge >= 0.3 is 0 Å². The molecule has 304 valence electrons. The van der Waals surface area contributed by atoms with Crippen molar-refractivity contribution >= 4 is 106 Å². The number of anilines is 2. The minimum Gasteiger partial charge on any atom is -0.469 e. The molecule has 4 aromatic heterocycles. The minimum atomic E-state index is -0.0535. The van der Waals surface area contributed by atoms with E-state index in [9.17, 15) is 0 Å². The number of aromatic nitrogens is 1. The number of nitrogens with one attached hydrogen (secondary N) is 1. The zero-order chi connectivity index (χ0) is 42.6. The van der Waals surface area contributed by atoms with Crippen molar-refractivity contribution < 1.29 is 13.3 Å². The van der Waals surface area contributed by atoms with Crippen molar-refractivity contribution in [3.63, 3.8) is 0 Å². The lowest BCUT2D eigenvalue weighted by Gasteiger charge is -2.23. The maximum atomic E-state index is 7.19. The van der Waals surface area contributed by atoms with E-state index in [4.69, 9.17) is 13.3 Å². The Hall–Kier alpha value is -6.66. The molecule has 0 saturated heterocycles. The zero-order valence-corrected chi connectivity index (χ0v) is 36.9. The number of hydrogen-bond donors (Lipinski definition) is 1. The minimum absolute atomic E-state index is 0.0272. The molecule has 62 heavy (non-hydrogen) atoms. The van der Waals surface area contributed by atoms with Crippen LogP contribution in [0.25, 0.3) is 93.5 Å². The van der Waals surface area contributed by atoms with Crippen LogP contribution in [0.2, 0.25) is 0 Å². The van der Waals surface area contributed by atoms with Crippen LogP contribution >= 0.6 is 0 Å². The van der Waals surface area contributed by atoms with Crippen molar-refractivity contribution in [1.29, 1.82) is 0 Å². The van der Waals surface area contributed by atoms with E-state index >= 15 is 0 Å². The third-order valence-corrected chi connectivity index (χ3v) is 13.5. The molecule has 0 radical (unpaired) electrons. The molecule has 0 aliphatic carbocycles. The molecule has 0 spiro atoms. The lowest BCUT2D eigenvalue weighted by molar-refractivity contribution is 0.590. The molecule has 12 rings (SSSR count). The number of benzene rings is 7. The van der Waals surface area contributed by atoms with E-state index in [2.05, 4.69) is 187 Å². The van der Waals surface area contributed by atoms with Gasteiger partial charge in [-0.1, -0.05) is 123 Å². The summed E-state index contributed by atoms with van der Waals surface area (Å²) in [6.07, 6.45) is 0. The molecule has 5 nitrogen and oxygen atoms in total. The van der Waals surface area contributed by atoms with Crippen LogP contribution in [0.1, 0.15) is 79.0 Å². The molecule has 1 N–H and O–H groups in total. The fraction of sp³-hybridized carbons (Fsp3) is 0.214. The van der Waals surface area contributed by atoms with Gasteiger partial charge in [-0.15, -0.1) is 0 Å². The number of fused-ring (bicyclic) bond motifs is 14. The highest BCUT2D eigenvalue weighted by Crippen LogP contribution is 2.49. The van der Waals surface area contributed by atoms with Crippen LogP contribution in [0, 0.1) is 0 Å². The summed E-state index contributed by atoms with van der Waals surface area (Å²) in [5.41, 5.74) is 18.0. The fourth-order valence-corrected chi connectivity index (χ4v) is 10.1. The molecule has 1 aliphatic heterocycles. The van der Waals surface area contributed by atoms with Gasteiger partial charge in [-0.05, 0) is 98.6 Å². The van der Waals surface area contributed by atoms with Gasteiger partial charge in [0.15, 0.2) is 0 Å². The normalized spacial score (nSPS) is 13.4. The summed E-state index contributed by atoms with van der Waals surface area (Å²) < 4.78 is 23.3. The Labute approximate surface area is 361 Å². The van der Waals surface area contributed by atoms with Crippen LogP contribution in [0.4, 0.5) is 11.4 Å². The monoisotopic (exact) mass is 808 g/mol. The van der Waals surface area contributed by atoms with Gasteiger partial charge in [-0.25, -0.2) is 0 Å². The van der Waals surface area contributed by atoms with E-state index in [0.717, 1.165) is 99.6 Å². The molecule has 0 atom stereocenters. The summed E-state index contributed by atoms with van der Waals surface area (Å²) in [7, 11) is 0.614. The molecular weight excluding hydrogens is 759 g/mol. The molecule has 0 amide bonds. The Morgan fingerprint density at radius 3 is 1.82 bits per heavy atom. The first-order valence-electron chi connectivity index (χ1n) is 22.0. The van der Waals surface area contributed by atoms with Crippen LogP contribution < -0.4 is 16.4 Å². The molecular formula is C56H49BN2O3. The maximum Gasteiger partial charge on any atom is 0.244 e. The van der Waals surface area contributed by atoms with E-state index in [1.54, 1.807) is 0 Å². The van der Waals surface area contributed by atoms with Crippen LogP contribution in [0.3, 0.4) is 0 Å². The van der Waals surface area contributed by atoms with Crippen LogP contribution in [-0.4, -0.2) is 11.8 Å². The maximum absolute atomic E-state index is 7.19. The number of nitrogens with zero attached hydrogens (tertiary/aromatic N) is 1. The summed E-state index contributed by atoms with van der Waals surface area (Å²) in [5, 5.41) is 11.7. The predicted molar refractivity (Wildman–Crippen MR) is 263 cm³/mol. The van der Waals surface area contributed by atoms with Crippen molar-refractivity contribution in [3.8, 4) is 16.8 Å². The fourth-order valence-electron chi connectivity index (χ4n) is 10.1. The summed E-state index contributed by atoms with van der Waals surface area (Å²) in [6.45, 7) is 20.5. The van der Waals surface area contributed by atoms with Crippen molar-refractivity contribution in [3.05, 3.63) is 138 Å². The second kappa shape index (κ2) is 12.5. The Bertz CT molecular complexity index is 3680. The molecule has 0 unspecified atom stereocenters. The lowest BCUT2D eigenvalue weighted by Crippen LogP contribution is -2.36. The van der Waals surface area contributed by atoms with E-state index in [1.807, 2.05) is 6.07 Å². The van der Waals surface area contributed by atoms with Crippen molar-refractivity contribution in [2.45, 2.75) is 78.6 Å². The lowest BCUT2D eigenvalue weighted by atomic mass is 9.61. The highest BCUT2D eigenvalue weighted by atomic mass is 16.3. The van der Waals surface area contributed by atoms with E-state index in [0.29, 0.717) is 7.28 Å². The largest absolute Gasteiger partial charge is 0.469 e. The van der Waals surface area contributed by atoms with Gasteiger partial charge < -0.3 is 23.1 Å². The molecule has 5 heterocycles. The molecule has 1 aliphatic rings. The summed E-state index contributed by atoms with van der Waals surface area (Å²) in [5.74, 6) is 0. The third kappa shape index (κ3) is 5.35. The average molecular weight is 809 g/mol. The Balaban J connectivity index is 1.26. The first-order chi connectivity index (χ1) is 29.6. The third-order valence-electron chi connectivity index (χ3n) is 13.5. The van der Waals surface area contributed by atoms with Crippen LogP contribution in [0.5, 0.6) is 0 Å². The number of furan rings is 3. The van der Waals surface area contributed by atoms with E-state index < -0.39 is 0 Å². The summed E-state index contributed by atoms with van der Waals surface area (Å²) in [6, 6.07) is 44.1. The highest BCUT2D eigenvalue weighted by molar-refractivity contribution is 6.74. The number of rotatable bonds is 3. The van der Waals surface area contributed by atoms with Crippen LogP contribution in [-0.2, 0) is 16.2 Å².